The molecule has 0 aromatic carbocycles. The molecule has 0 unspecified atom stereocenters. The number of hydrogen-bond acceptors (Lipinski definition) is 4. The molecule has 1 aromatic rings. The normalized spacial score (nSPS) is 11.2. The van der Waals surface area contributed by atoms with Crippen LogP contribution in [0.5, 0.6) is 0 Å². The Balaban J connectivity index is 2.71. The standard InChI is InChI=1S/C12H21N5O3/c1-5-12(6-2,10(18)19)14-11(20)17(4)7-9-13-8(3)15-16-9/h5-7H2,1-4H3,(H,14,20)(H,18,19)(H,13,15,16). The van der Waals surface area contributed by atoms with Gasteiger partial charge in [-0.25, -0.2) is 14.6 Å². The van der Waals surface area contributed by atoms with Crippen LogP contribution in [0.1, 0.15) is 38.3 Å². The lowest BCUT2D eigenvalue weighted by atomic mass is 9.93. The number of carbonyl (C=O) groups excluding carboxylic acids is 1. The molecule has 1 rings (SSSR count). The van der Waals surface area contributed by atoms with Crippen LogP contribution in [0, 0.1) is 6.92 Å². The van der Waals surface area contributed by atoms with Crippen LogP contribution in [0.2, 0.25) is 0 Å². The van der Waals surface area contributed by atoms with Gasteiger partial charge in [0.1, 0.15) is 11.4 Å². The lowest BCUT2D eigenvalue weighted by Gasteiger charge is -2.30. The average Bonchev–Trinajstić information content (AvgIpc) is 2.80. The molecule has 112 valence electrons. The summed E-state index contributed by atoms with van der Waals surface area (Å²) in [5.41, 5.74) is -1.24. The van der Waals surface area contributed by atoms with Crippen molar-refractivity contribution in [3.05, 3.63) is 11.6 Å². The molecule has 0 fully saturated rings. The highest BCUT2D eigenvalue weighted by Crippen LogP contribution is 2.16. The number of aromatic amines is 1. The molecule has 0 bridgehead atoms. The molecule has 0 aliphatic carbocycles. The van der Waals surface area contributed by atoms with Gasteiger partial charge in [-0.1, -0.05) is 13.8 Å². The molecule has 3 N–H and O–H groups in total. The zero-order valence-electron chi connectivity index (χ0n) is 12.2. The van der Waals surface area contributed by atoms with Gasteiger partial charge in [0.25, 0.3) is 0 Å². The predicted octanol–water partition coefficient (Wildman–Crippen LogP) is 0.898. The van der Waals surface area contributed by atoms with E-state index in [1.54, 1.807) is 27.8 Å². The van der Waals surface area contributed by atoms with Crippen LogP contribution >= 0.6 is 0 Å². The van der Waals surface area contributed by atoms with Crippen molar-refractivity contribution in [2.75, 3.05) is 7.05 Å². The van der Waals surface area contributed by atoms with Crippen molar-refractivity contribution in [1.29, 1.82) is 0 Å². The summed E-state index contributed by atoms with van der Waals surface area (Å²) in [6, 6.07) is -0.460. The Morgan fingerprint density at radius 3 is 2.40 bits per heavy atom. The molecule has 8 nitrogen and oxygen atoms in total. The first kappa shape index (κ1) is 15.9. The summed E-state index contributed by atoms with van der Waals surface area (Å²) in [5, 5.41) is 18.5. The molecule has 0 saturated carbocycles. The fourth-order valence-electron chi connectivity index (χ4n) is 1.83. The number of carboxylic acids is 1. The molecule has 0 aliphatic heterocycles. The Morgan fingerprint density at radius 2 is 2.00 bits per heavy atom. The summed E-state index contributed by atoms with van der Waals surface area (Å²) in [5.74, 6) is 0.114. The van der Waals surface area contributed by atoms with Gasteiger partial charge in [0.05, 0.1) is 6.54 Å². The Morgan fingerprint density at radius 1 is 1.40 bits per heavy atom. The number of aromatic nitrogens is 3. The van der Waals surface area contributed by atoms with Gasteiger partial charge in [-0.3, -0.25) is 5.10 Å². The van der Waals surface area contributed by atoms with Crippen molar-refractivity contribution < 1.29 is 14.7 Å². The number of hydrogen-bond donors (Lipinski definition) is 3. The van der Waals surface area contributed by atoms with Gasteiger partial charge in [-0.05, 0) is 19.8 Å². The molecule has 0 saturated heterocycles. The van der Waals surface area contributed by atoms with Gasteiger partial charge in [-0.2, -0.15) is 5.10 Å². The smallest absolute Gasteiger partial charge is 0.329 e. The highest BCUT2D eigenvalue weighted by Gasteiger charge is 2.37. The SMILES string of the molecule is CCC(CC)(NC(=O)N(C)Cc1n[nH]c(C)n1)C(=O)O. The molecule has 20 heavy (non-hydrogen) atoms. The number of carboxylic acid groups (broad SMARTS) is 1. The van der Waals surface area contributed by atoms with Crippen molar-refractivity contribution in [2.24, 2.45) is 0 Å². The van der Waals surface area contributed by atoms with Crippen LogP contribution in [0.15, 0.2) is 0 Å². The quantitative estimate of drug-likeness (QED) is 0.718. The van der Waals surface area contributed by atoms with Crippen molar-refractivity contribution in [1.82, 2.24) is 25.4 Å². The second kappa shape index (κ2) is 6.36. The average molecular weight is 283 g/mol. The van der Waals surface area contributed by atoms with Crippen molar-refractivity contribution in [3.8, 4) is 0 Å². The molecule has 0 radical (unpaired) electrons. The van der Waals surface area contributed by atoms with Gasteiger partial charge in [0, 0.05) is 7.05 Å². The lowest BCUT2D eigenvalue weighted by molar-refractivity contribution is -0.144. The van der Waals surface area contributed by atoms with Crippen molar-refractivity contribution in [2.45, 2.75) is 45.7 Å². The van der Waals surface area contributed by atoms with E-state index < -0.39 is 17.5 Å². The molecule has 0 spiro atoms. The van der Waals surface area contributed by atoms with E-state index in [1.807, 2.05) is 0 Å². The molecular weight excluding hydrogens is 262 g/mol. The summed E-state index contributed by atoms with van der Waals surface area (Å²) in [6.45, 7) is 5.44. The minimum absolute atomic E-state index is 0.208. The van der Waals surface area contributed by atoms with E-state index in [2.05, 4.69) is 20.5 Å². The summed E-state index contributed by atoms with van der Waals surface area (Å²) < 4.78 is 0. The summed E-state index contributed by atoms with van der Waals surface area (Å²) >= 11 is 0. The van der Waals surface area contributed by atoms with Gasteiger partial charge in [0.2, 0.25) is 0 Å². The number of aryl methyl sites for hydroxylation is 1. The molecule has 1 heterocycles. The number of urea groups is 1. The van der Waals surface area contributed by atoms with Gasteiger partial charge < -0.3 is 15.3 Å². The lowest BCUT2D eigenvalue weighted by Crippen LogP contribution is -2.56. The van der Waals surface area contributed by atoms with Crippen LogP contribution in [0.25, 0.3) is 0 Å². The van der Waals surface area contributed by atoms with Gasteiger partial charge in [-0.15, -0.1) is 0 Å². The van der Waals surface area contributed by atoms with Crippen LogP contribution in [0.3, 0.4) is 0 Å². The number of nitrogens with zero attached hydrogens (tertiary/aromatic N) is 3. The summed E-state index contributed by atoms with van der Waals surface area (Å²) in [6.07, 6.45) is 0.635. The topological polar surface area (TPSA) is 111 Å². The third-order valence-corrected chi connectivity index (χ3v) is 3.33. The Hall–Kier alpha value is -2.12. The summed E-state index contributed by atoms with van der Waals surface area (Å²) in [4.78, 5) is 28.9. The minimum atomic E-state index is -1.24. The van der Waals surface area contributed by atoms with Crippen molar-refractivity contribution >= 4 is 12.0 Å². The highest BCUT2D eigenvalue weighted by atomic mass is 16.4. The molecular formula is C12H21N5O3. The molecule has 0 atom stereocenters. The first-order chi connectivity index (χ1) is 9.34. The van der Waals surface area contributed by atoms with Crippen LogP contribution in [-0.4, -0.2) is 49.8 Å². The van der Waals surface area contributed by atoms with Crippen molar-refractivity contribution in [3.63, 3.8) is 0 Å². The number of H-pyrrole nitrogens is 1. The molecule has 1 aromatic heterocycles. The molecule has 2 amide bonds. The molecule has 8 heteroatoms. The fraction of sp³-hybridized carbons (Fsp3) is 0.667. The first-order valence-corrected chi connectivity index (χ1v) is 6.49. The first-order valence-electron chi connectivity index (χ1n) is 6.49. The fourth-order valence-corrected chi connectivity index (χ4v) is 1.83. The zero-order chi connectivity index (χ0) is 15.3. The maximum absolute atomic E-state index is 12.1. The maximum atomic E-state index is 12.1. The Bertz CT molecular complexity index is 481. The third-order valence-electron chi connectivity index (χ3n) is 3.33. The zero-order valence-corrected chi connectivity index (χ0v) is 12.2. The number of nitrogens with one attached hydrogen (secondary N) is 2. The van der Waals surface area contributed by atoms with E-state index in [0.29, 0.717) is 24.5 Å². The number of rotatable bonds is 6. The summed E-state index contributed by atoms with van der Waals surface area (Å²) in [7, 11) is 1.57. The van der Waals surface area contributed by atoms with Crippen LogP contribution in [-0.2, 0) is 11.3 Å². The Labute approximate surface area is 117 Å². The number of carbonyl (C=O) groups is 2. The maximum Gasteiger partial charge on any atom is 0.329 e. The van der Waals surface area contributed by atoms with Crippen LogP contribution in [0.4, 0.5) is 4.79 Å². The van der Waals surface area contributed by atoms with E-state index >= 15 is 0 Å². The third kappa shape index (κ3) is 3.46. The second-order valence-corrected chi connectivity index (χ2v) is 4.72. The monoisotopic (exact) mass is 283 g/mol. The highest BCUT2D eigenvalue weighted by molar-refractivity contribution is 5.86. The van der Waals surface area contributed by atoms with Crippen LogP contribution < -0.4 is 5.32 Å². The Kier molecular flexibility index (Phi) is 5.06. The minimum Gasteiger partial charge on any atom is -0.480 e. The largest absolute Gasteiger partial charge is 0.480 e. The number of aliphatic carboxylic acids is 1. The predicted molar refractivity (Wildman–Crippen MR) is 72.1 cm³/mol. The van der Waals surface area contributed by atoms with E-state index in [4.69, 9.17) is 0 Å². The van der Waals surface area contributed by atoms with E-state index in [0.717, 1.165) is 0 Å². The molecule has 0 aliphatic rings. The van der Waals surface area contributed by atoms with E-state index in [9.17, 15) is 14.7 Å². The van der Waals surface area contributed by atoms with Gasteiger partial charge >= 0.3 is 12.0 Å². The van der Waals surface area contributed by atoms with E-state index in [1.165, 1.54) is 4.90 Å². The van der Waals surface area contributed by atoms with E-state index in [-0.39, 0.29) is 6.54 Å². The van der Waals surface area contributed by atoms with Gasteiger partial charge in [0.15, 0.2) is 5.82 Å². The number of amides is 2. The second-order valence-electron chi connectivity index (χ2n) is 4.72.